The molecule has 2 bridgehead atoms. The maximum absolute atomic E-state index is 10.2. The van der Waals surface area contributed by atoms with Crippen molar-refractivity contribution in [3.63, 3.8) is 0 Å². The van der Waals surface area contributed by atoms with Crippen molar-refractivity contribution >= 4 is 0 Å². The molecule has 0 aromatic heterocycles. The van der Waals surface area contributed by atoms with Crippen LogP contribution in [-0.4, -0.2) is 11.2 Å². The van der Waals surface area contributed by atoms with E-state index in [2.05, 4.69) is 12.2 Å². The summed E-state index contributed by atoms with van der Waals surface area (Å²) in [6.07, 6.45) is 11.4. The second-order valence-corrected chi connectivity index (χ2v) is 5.66. The predicted molar refractivity (Wildman–Crippen MR) is 50.1 cm³/mol. The number of aliphatic hydroxyl groups excluding tert-OH is 1. The monoisotopic (exact) mass is 176 g/mol. The predicted octanol–water partition coefficient (Wildman–Crippen LogP) is 2.11. The van der Waals surface area contributed by atoms with Gasteiger partial charge < -0.3 is 5.11 Å². The Morgan fingerprint density at radius 3 is 3.00 bits per heavy atom. The van der Waals surface area contributed by atoms with Crippen molar-refractivity contribution in [3.8, 4) is 0 Å². The Morgan fingerprint density at radius 1 is 1.31 bits per heavy atom. The maximum atomic E-state index is 10.2. The highest BCUT2D eigenvalue weighted by molar-refractivity contribution is 5.35. The first-order chi connectivity index (χ1) is 6.29. The van der Waals surface area contributed by atoms with E-state index in [1.807, 2.05) is 0 Å². The first-order valence-corrected chi connectivity index (χ1v) is 5.66. The Hall–Kier alpha value is -0.300. The molecule has 0 aliphatic heterocycles. The van der Waals surface area contributed by atoms with Crippen molar-refractivity contribution in [1.29, 1.82) is 0 Å². The van der Waals surface area contributed by atoms with Crippen LogP contribution in [0.1, 0.15) is 32.1 Å². The highest BCUT2D eigenvalue weighted by atomic mass is 16.3. The van der Waals surface area contributed by atoms with Crippen LogP contribution in [0.3, 0.4) is 0 Å². The van der Waals surface area contributed by atoms with Crippen LogP contribution >= 0.6 is 0 Å². The third-order valence-corrected chi connectivity index (χ3v) is 5.48. The van der Waals surface area contributed by atoms with E-state index in [0.29, 0.717) is 11.3 Å². The number of aliphatic hydroxyl groups is 1. The first-order valence-electron chi connectivity index (χ1n) is 5.66. The van der Waals surface area contributed by atoms with Gasteiger partial charge in [0.2, 0.25) is 0 Å². The Labute approximate surface area is 78.8 Å². The lowest BCUT2D eigenvalue weighted by molar-refractivity contribution is 0.0282. The van der Waals surface area contributed by atoms with Crippen LogP contribution in [0.4, 0.5) is 0 Å². The van der Waals surface area contributed by atoms with E-state index >= 15 is 0 Å². The average molecular weight is 176 g/mol. The van der Waals surface area contributed by atoms with Gasteiger partial charge in [-0.05, 0) is 37.0 Å². The van der Waals surface area contributed by atoms with Crippen LogP contribution in [-0.2, 0) is 0 Å². The molecule has 4 aliphatic carbocycles. The molecule has 0 saturated heterocycles. The second kappa shape index (κ2) is 1.75. The van der Waals surface area contributed by atoms with Crippen molar-refractivity contribution in [1.82, 2.24) is 0 Å². The molecule has 1 heteroatoms. The lowest BCUT2D eigenvalue weighted by Gasteiger charge is -2.39. The lowest BCUT2D eigenvalue weighted by Crippen LogP contribution is -2.37. The summed E-state index contributed by atoms with van der Waals surface area (Å²) >= 11 is 0. The minimum absolute atomic E-state index is 0.0159. The Bertz CT molecular complexity index is 308. The molecule has 5 atom stereocenters. The van der Waals surface area contributed by atoms with Crippen molar-refractivity contribution < 1.29 is 5.11 Å². The number of hydrogen-bond donors (Lipinski definition) is 1. The zero-order valence-corrected chi connectivity index (χ0v) is 7.87. The van der Waals surface area contributed by atoms with Crippen LogP contribution in [0.2, 0.25) is 0 Å². The summed E-state index contributed by atoms with van der Waals surface area (Å²) in [5.74, 6) is 1.49. The molecule has 4 aliphatic rings. The summed E-state index contributed by atoms with van der Waals surface area (Å²) in [4.78, 5) is 0. The smallest absolute Gasteiger partial charge is 0.0698 e. The first kappa shape index (κ1) is 7.05. The van der Waals surface area contributed by atoms with Crippen molar-refractivity contribution in [2.24, 2.45) is 22.7 Å². The highest BCUT2D eigenvalue weighted by Crippen LogP contribution is 2.79. The van der Waals surface area contributed by atoms with Gasteiger partial charge in [0.15, 0.2) is 0 Å². The zero-order valence-electron chi connectivity index (χ0n) is 7.87. The van der Waals surface area contributed by atoms with E-state index in [9.17, 15) is 5.11 Å². The van der Waals surface area contributed by atoms with Gasteiger partial charge in [0.25, 0.3) is 0 Å². The molecular formula is C12H16O. The van der Waals surface area contributed by atoms with Crippen LogP contribution in [0.5, 0.6) is 0 Å². The molecule has 3 saturated carbocycles. The number of rotatable bonds is 0. The van der Waals surface area contributed by atoms with Crippen LogP contribution in [0.25, 0.3) is 0 Å². The molecule has 3 fully saturated rings. The van der Waals surface area contributed by atoms with Crippen molar-refractivity contribution in [2.75, 3.05) is 0 Å². The summed E-state index contributed by atoms with van der Waals surface area (Å²) in [5.41, 5.74) is 0.838. The third kappa shape index (κ3) is 0.527. The minimum atomic E-state index is -0.0159. The van der Waals surface area contributed by atoms with E-state index < -0.39 is 0 Å². The van der Waals surface area contributed by atoms with E-state index in [-0.39, 0.29) is 11.5 Å². The summed E-state index contributed by atoms with van der Waals surface area (Å²) in [7, 11) is 0. The van der Waals surface area contributed by atoms with E-state index in [1.54, 1.807) is 0 Å². The molecule has 1 nitrogen and oxygen atoms in total. The summed E-state index contributed by atoms with van der Waals surface area (Å²) in [6.45, 7) is 0. The van der Waals surface area contributed by atoms with E-state index in [1.165, 1.54) is 32.1 Å². The van der Waals surface area contributed by atoms with Gasteiger partial charge >= 0.3 is 0 Å². The van der Waals surface area contributed by atoms with Crippen LogP contribution in [0, 0.1) is 22.7 Å². The molecule has 0 amide bonds. The number of hydrogen-bond acceptors (Lipinski definition) is 1. The fourth-order valence-electron chi connectivity index (χ4n) is 4.83. The van der Waals surface area contributed by atoms with Gasteiger partial charge in [0, 0.05) is 11.3 Å². The average Bonchev–Trinajstić information content (AvgIpc) is 2.72. The standard InChI is InChI=1S/C12H16O/c13-10-8-3-5-11(10)4-1-2-9-7-12(9,11)6-8/h3,5,8-10,13H,1-2,4,6-7H2/t8-,9+,10+,11-,12-/m0/s1. The lowest BCUT2D eigenvalue weighted by atomic mass is 9.66. The summed E-state index contributed by atoms with van der Waals surface area (Å²) < 4.78 is 0. The largest absolute Gasteiger partial charge is 0.392 e. The number of fused-ring (bicyclic) bond motifs is 1. The molecule has 0 aromatic carbocycles. The van der Waals surface area contributed by atoms with Crippen molar-refractivity contribution in [2.45, 2.75) is 38.2 Å². The molecular weight excluding hydrogens is 160 g/mol. The third-order valence-electron chi connectivity index (χ3n) is 5.48. The quantitative estimate of drug-likeness (QED) is 0.560. The molecule has 1 N–H and O–H groups in total. The molecule has 13 heavy (non-hydrogen) atoms. The van der Waals surface area contributed by atoms with Gasteiger partial charge in [-0.1, -0.05) is 18.6 Å². The molecule has 4 rings (SSSR count). The van der Waals surface area contributed by atoms with Gasteiger partial charge in [-0.3, -0.25) is 0 Å². The van der Waals surface area contributed by atoms with Crippen LogP contribution in [0.15, 0.2) is 12.2 Å². The Balaban J connectivity index is 1.90. The molecule has 2 spiro atoms. The highest BCUT2D eigenvalue weighted by Gasteiger charge is 2.75. The molecule has 0 heterocycles. The van der Waals surface area contributed by atoms with Gasteiger partial charge in [-0.25, -0.2) is 0 Å². The van der Waals surface area contributed by atoms with Crippen molar-refractivity contribution in [3.05, 3.63) is 12.2 Å². The Kier molecular flexibility index (Phi) is 0.947. The Morgan fingerprint density at radius 2 is 2.23 bits per heavy atom. The van der Waals surface area contributed by atoms with Gasteiger partial charge in [-0.15, -0.1) is 0 Å². The fourth-order valence-corrected chi connectivity index (χ4v) is 4.83. The summed E-state index contributed by atoms with van der Waals surface area (Å²) in [5, 5.41) is 10.2. The molecule has 70 valence electrons. The van der Waals surface area contributed by atoms with Gasteiger partial charge in [0.1, 0.15) is 0 Å². The van der Waals surface area contributed by atoms with Gasteiger partial charge in [0.05, 0.1) is 6.10 Å². The maximum Gasteiger partial charge on any atom is 0.0698 e. The van der Waals surface area contributed by atoms with E-state index in [4.69, 9.17) is 0 Å². The minimum Gasteiger partial charge on any atom is -0.392 e. The van der Waals surface area contributed by atoms with Crippen LogP contribution < -0.4 is 0 Å². The molecule has 0 aromatic rings. The molecule has 0 unspecified atom stereocenters. The van der Waals surface area contributed by atoms with Gasteiger partial charge in [-0.2, -0.15) is 0 Å². The normalized spacial score (nSPS) is 66.4. The fraction of sp³-hybridized carbons (Fsp3) is 0.833. The topological polar surface area (TPSA) is 20.2 Å². The SMILES string of the molecule is O[C@@H]1[C@H]2C=C[C@@]13CCC[C@@H]1C[C@@]13C2. The zero-order chi connectivity index (χ0) is 8.68. The summed E-state index contributed by atoms with van der Waals surface area (Å²) in [6, 6.07) is 0. The van der Waals surface area contributed by atoms with E-state index in [0.717, 1.165) is 5.92 Å². The second-order valence-electron chi connectivity index (χ2n) is 5.66. The molecule has 0 radical (unpaired) electrons.